The van der Waals surface area contributed by atoms with Gasteiger partial charge in [-0.15, -0.1) is 11.3 Å². The van der Waals surface area contributed by atoms with Crippen LogP contribution in [0.2, 0.25) is 0 Å². The maximum atomic E-state index is 12.4. The summed E-state index contributed by atoms with van der Waals surface area (Å²) in [6.07, 6.45) is 2.29. The predicted molar refractivity (Wildman–Crippen MR) is 97.1 cm³/mol. The average molecular weight is 364 g/mol. The van der Waals surface area contributed by atoms with E-state index in [9.17, 15) is 9.59 Å². The molecule has 1 aliphatic heterocycles. The smallest absolute Gasteiger partial charge is 0.267 e. The van der Waals surface area contributed by atoms with Gasteiger partial charge < -0.3 is 10.2 Å². The van der Waals surface area contributed by atoms with Crippen LogP contribution in [0.5, 0.6) is 0 Å². The average Bonchev–Trinajstić information content (AvgIpc) is 3.26. The molecule has 2 aromatic rings. The molecule has 1 unspecified atom stereocenters. The first-order valence-electron chi connectivity index (χ1n) is 7.79. The Hall–Kier alpha value is -1.77. The molecule has 2 amide bonds. The molecule has 0 bridgehead atoms. The number of aromatic nitrogens is 1. The van der Waals surface area contributed by atoms with Gasteiger partial charge in [-0.05, 0) is 38.4 Å². The molecule has 1 atom stereocenters. The largest absolute Gasteiger partial charge is 0.344 e. The quantitative estimate of drug-likeness (QED) is 0.875. The number of anilines is 1. The lowest BCUT2D eigenvalue weighted by atomic mass is 10.2. The Kier molecular flexibility index (Phi) is 4.98. The number of carbonyl (C=O) groups excluding carboxylic acids is 2. The van der Waals surface area contributed by atoms with E-state index in [1.807, 2.05) is 12.1 Å². The number of rotatable bonds is 4. The van der Waals surface area contributed by atoms with Crippen LogP contribution in [-0.2, 0) is 0 Å². The van der Waals surface area contributed by atoms with Gasteiger partial charge >= 0.3 is 0 Å². The van der Waals surface area contributed by atoms with Gasteiger partial charge in [0.1, 0.15) is 4.88 Å². The van der Waals surface area contributed by atoms with Crippen LogP contribution in [-0.4, -0.2) is 42.3 Å². The molecule has 1 saturated heterocycles. The third-order valence-corrected chi connectivity index (χ3v) is 6.13. The van der Waals surface area contributed by atoms with E-state index in [0.717, 1.165) is 13.0 Å². The molecular formula is C16H20N4O2S2. The van der Waals surface area contributed by atoms with E-state index in [1.165, 1.54) is 38.9 Å². The monoisotopic (exact) mass is 364 g/mol. The number of thiophene rings is 1. The van der Waals surface area contributed by atoms with E-state index >= 15 is 0 Å². The van der Waals surface area contributed by atoms with Crippen molar-refractivity contribution in [1.29, 1.82) is 0 Å². The van der Waals surface area contributed by atoms with E-state index in [-0.39, 0.29) is 11.8 Å². The van der Waals surface area contributed by atoms with Crippen LogP contribution in [0.1, 0.15) is 48.8 Å². The molecule has 3 rings (SSSR count). The highest BCUT2D eigenvalue weighted by atomic mass is 32.1. The molecular weight excluding hydrogens is 344 g/mol. The molecule has 1 aliphatic rings. The van der Waals surface area contributed by atoms with Crippen LogP contribution in [0, 0.1) is 6.92 Å². The van der Waals surface area contributed by atoms with E-state index in [2.05, 4.69) is 15.6 Å². The number of hydrogen-bond acceptors (Lipinski definition) is 6. The van der Waals surface area contributed by atoms with Crippen molar-refractivity contribution in [3.63, 3.8) is 0 Å². The van der Waals surface area contributed by atoms with Gasteiger partial charge in [0.2, 0.25) is 0 Å². The Morgan fingerprint density at radius 3 is 2.79 bits per heavy atom. The first-order chi connectivity index (χ1) is 11.5. The van der Waals surface area contributed by atoms with Crippen LogP contribution in [0.25, 0.3) is 0 Å². The fourth-order valence-corrected chi connectivity index (χ4v) is 4.60. The summed E-state index contributed by atoms with van der Waals surface area (Å²) in [6.45, 7) is 2.81. The highest BCUT2D eigenvalue weighted by Crippen LogP contribution is 2.30. The number of thiazole rings is 1. The molecule has 128 valence electrons. The second-order valence-electron chi connectivity index (χ2n) is 5.94. The zero-order valence-corrected chi connectivity index (χ0v) is 15.5. The standard InChI is InChI=1S/C16H20N4O2S2/c1-9-13(15(22)20(2)3)24-16(18-9)19-14(21)12-7-6-11(23-12)10-5-4-8-17-10/h6-7,10,17H,4-5,8H2,1-3H3,(H,18,19,21). The summed E-state index contributed by atoms with van der Waals surface area (Å²) in [5, 5.41) is 6.70. The fourth-order valence-electron chi connectivity index (χ4n) is 2.60. The first-order valence-corrected chi connectivity index (χ1v) is 9.42. The molecule has 2 N–H and O–H groups in total. The van der Waals surface area contributed by atoms with E-state index < -0.39 is 0 Å². The topological polar surface area (TPSA) is 74.3 Å². The highest BCUT2D eigenvalue weighted by Gasteiger charge is 2.21. The van der Waals surface area contributed by atoms with Crippen LogP contribution in [0.4, 0.5) is 5.13 Å². The van der Waals surface area contributed by atoms with Crippen molar-refractivity contribution < 1.29 is 9.59 Å². The van der Waals surface area contributed by atoms with Gasteiger partial charge in [0.25, 0.3) is 11.8 Å². The number of nitrogens with zero attached hydrogens (tertiary/aromatic N) is 2. The molecule has 6 nitrogen and oxygen atoms in total. The molecule has 24 heavy (non-hydrogen) atoms. The molecule has 3 heterocycles. The number of carbonyl (C=O) groups is 2. The highest BCUT2D eigenvalue weighted by molar-refractivity contribution is 7.18. The molecule has 0 aromatic carbocycles. The van der Waals surface area contributed by atoms with Crippen molar-refractivity contribution in [3.8, 4) is 0 Å². The SMILES string of the molecule is Cc1nc(NC(=O)c2ccc(C3CCCN3)s2)sc1C(=O)N(C)C. The minimum absolute atomic E-state index is 0.101. The summed E-state index contributed by atoms with van der Waals surface area (Å²) >= 11 is 2.72. The lowest BCUT2D eigenvalue weighted by Gasteiger charge is -2.07. The normalized spacial score (nSPS) is 17.0. The third kappa shape index (κ3) is 3.50. The zero-order chi connectivity index (χ0) is 17.3. The molecule has 0 spiro atoms. The van der Waals surface area contributed by atoms with Gasteiger partial charge in [0.15, 0.2) is 5.13 Å². The second-order valence-corrected chi connectivity index (χ2v) is 8.05. The van der Waals surface area contributed by atoms with Crippen LogP contribution in [0.3, 0.4) is 0 Å². The van der Waals surface area contributed by atoms with Crippen molar-refractivity contribution in [2.45, 2.75) is 25.8 Å². The van der Waals surface area contributed by atoms with Crippen LogP contribution in [0.15, 0.2) is 12.1 Å². The van der Waals surface area contributed by atoms with Gasteiger partial charge in [-0.2, -0.15) is 0 Å². The van der Waals surface area contributed by atoms with Crippen LogP contribution < -0.4 is 10.6 Å². The minimum atomic E-state index is -0.179. The van der Waals surface area contributed by atoms with Gasteiger partial charge in [-0.3, -0.25) is 14.9 Å². The van der Waals surface area contributed by atoms with Crippen molar-refractivity contribution in [3.05, 3.63) is 32.5 Å². The van der Waals surface area contributed by atoms with Crippen LogP contribution >= 0.6 is 22.7 Å². The Morgan fingerprint density at radius 2 is 2.12 bits per heavy atom. The maximum Gasteiger partial charge on any atom is 0.267 e. The molecule has 2 aromatic heterocycles. The summed E-state index contributed by atoms with van der Waals surface area (Å²) in [7, 11) is 3.40. The lowest BCUT2D eigenvalue weighted by molar-refractivity contribution is 0.0831. The second kappa shape index (κ2) is 7.00. The Balaban J connectivity index is 1.71. The van der Waals surface area contributed by atoms with Gasteiger partial charge in [0.05, 0.1) is 10.6 Å². The molecule has 0 aliphatic carbocycles. The number of amides is 2. The minimum Gasteiger partial charge on any atom is -0.344 e. The third-order valence-electron chi connectivity index (χ3n) is 3.87. The summed E-state index contributed by atoms with van der Waals surface area (Å²) in [4.78, 5) is 32.7. The maximum absolute atomic E-state index is 12.4. The van der Waals surface area contributed by atoms with Crippen molar-refractivity contribution >= 4 is 39.6 Å². The fraction of sp³-hybridized carbons (Fsp3) is 0.438. The summed E-state index contributed by atoms with van der Waals surface area (Å²) in [5.41, 5.74) is 0.635. The summed E-state index contributed by atoms with van der Waals surface area (Å²) in [5.74, 6) is -0.280. The van der Waals surface area contributed by atoms with Crippen molar-refractivity contribution in [2.75, 3.05) is 26.0 Å². The summed E-state index contributed by atoms with van der Waals surface area (Å²) < 4.78 is 0. The molecule has 0 saturated carbocycles. The van der Waals surface area contributed by atoms with E-state index in [1.54, 1.807) is 21.0 Å². The van der Waals surface area contributed by atoms with Gasteiger partial charge in [-0.25, -0.2) is 4.98 Å². The first kappa shape index (κ1) is 17.1. The number of aryl methyl sites for hydroxylation is 1. The van der Waals surface area contributed by atoms with Gasteiger partial charge in [-0.1, -0.05) is 11.3 Å². The predicted octanol–water partition coefficient (Wildman–Crippen LogP) is 2.89. The summed E-state index contributed by atoms with van der Waals surface area (Å²) in [6, 6.07) is 4.22. The van der Waals surface area contributed by atoms with Crippen molar-refractivity contribution in [1.82, 2.24) is 15.2 Å². The van der Waals surface area contributed by atoms with Gasteiger partial charge in [0, 0.05) is 25.0 Å². The Bertz CT molecular complexity index is 760. The molecule has 8 heteroatoms. The van der Waals surface area contributed by atoms with E-state index in [0.29, 0.717) is 26.6 Å². The molecule has 1 fully saturated rings. The zero-order valence-electron chi connectivity index (χ0n) is 13.9. The van der Waals surface area contributed by atoms with Crippen molar-refractivity contribution in [2.24, 2.45) is 0 Å². The van der Waals surface area contributed by atoms with E-state index in [4.69, 9.17) is 0 Å². The number of hydrogen-bond donors (Lipinski definition) is 2. The Morgan fingerprint density at radius 1 is 1.33 bits per heavy atom. The Labute approximate surface area is 148 Å². The molecule has 0 radical (unpaired) electrons. The number of nitrogens with one attached hydrogen (secondary N) is 2. The lowest BCUT2D eigenvalue weighted by Crippen LogP contribution is -2.21.